The van der Waals surface area contributed by atoms with Gasteiger partial charge in [-0.3, -0.25) is 4.90 Å². The molecule has 4 nitrogen and oxygen atoms in total. The quantitative estimate of drug-likeness (QED) is 0.758. The van der Waals surface area contributed by atoms with E-state index in [-0.39, 0.29) is 6.10 Å². The molecule has 0 aromatic carbocycles. The highest BCUT2D eigenvalue weighted by atomic mass is 32.2. The van der Waals surface area contributed by atoms with Crippen LogP contribution in [0.4, 0.5) is 0 Å². The number of methoxy groups -OCH3 is 1. The zero-order valence-corrected chi connectivity index (χ0v) is 12.8. The van der Waals surface area contributed by atoms with Crippen molar-refractivity contribution in [3.8, 4) is 0 Å². The third-order valence-electron chi connectivity index (χ3n) is 2.95. The van der Waals surface area contributed by atoms with Crippen molar-refractivity contribution in [2.45, 2.75) is 37.7 Å². The summed E-state index contributed by atoms with van der Waals surface area (Å²) in [5.74, 6) is 1.14. The Bertz CT molecular complexity index is 238. The van der Waals surface area contributed by atoms with Crippen molar-refractivity contribution in [2.75, 3.05) is 45.7 Å². The molecule has 2 unspecified atom stereocenters. The Morgan fingerprint density at radius 1 is 1.39 bits per heavy atom. The summed E-state index contributed by atoms with van der Waals surface area (Å²) in [4.78, 5) is 2.32. The number of hydrogen-bond acceptors (Lipinski definition) is 5. The molecule has 0 radical (unpaired) electrons. The van der Waals surface area contributed by atoms with Crippen LogP contribution in [0, 0.1) is 0 Å². The number of ether oxygens (including phenoxy) is 2. The molecule has 1 aliphatic heterocycles. The molecule has 5 heteroatoms. The maximum absolute atomic E-state index is 9.97. The van der Waals surface area contributed by atoms with E-state index in [0.29, 0.717) is 24.5 Å². The molecular weight excluding hydrogens is 250 g/mol. The summed E-state index contributed by atoms with van der Waals surface area (Å²) in [5.41, 5.74) is 0. The van der Waals surface area contributed by atoms with Crippen LogP contribution in [0.3, 0.4) is 0 Å². The van der Waals surface area contributed by atoms with Gasteiger partial charge in [0, 0.05) is 37.2 Å². The molecule has 2 atom stereocenters. The summed E-state index contributed by atoms with van der Waals surface area (Å²) in [6, 6.07) is 0. The van der Waals surface area contributed by atoms with Gasteiger partial charge in [-0.1, -0.05) is 0 Å². The van der Waals surface area contributed by atoms with E-state index >= 15 is 0 Å². The van der Waals surface area contributed by atoms with Gasteiger partial charge < -0.3 is 14.6 Å². The second-order valence-electron chi connectivity index (χ2n) is 5.60. The van der Waals surface area contributed by atoms with Gasteiger partial charge in [-0.05, 0) is 20.8 Å². The number of aliphatic hydroxyl groups is 1. The average molecular weight is 277 g/mol. The molecule has 0 amide bonds. The lowest BCUT2D eigenvalue weighted by Crippen LogP contribution is -2.47. The number of aliphatic hydroxyl groups excluding tert-OH is 1. The summed E-state index contributed by atoms with van der Waals surface area (Å²) in [6.07, 6.45) is -0.374. The van der Waals surface area contributed by atoms with Crippen molar-refractivity contribution < 1.29 is 14.6 Å². The zero-order chi connectivity index (χ0) is 13.6. The van der Waals surface area contributed by atoms with Crippen molar-refractivity contribution in [2.24, 2.45) is 0 Å². The molecule has 0 aromatic heterocycles. The summed E-state index contributed by atoms with van der Waals surface area (Å²) < 4.78 is 10.8. The molecule has 0 aliphatic carbocycles. The third kappa shape index (κ3) is 6.38. The summed E-state index contributed by atoms with van der Waals surface area (Å²) in [7, 11) is 1.66. The van der Waals surface area contributed by atoms with Gasteiger partial charge >= 0.3 is 0 Å². The Balaban J connectivity index is 2.21. The molecule has 1 fully saturated rings. The van der Waals surface area contributed by atoms with E-state index in [4.69, 9.17) is 9.47 Å². The van der Waals surface area contributed by atoms with Gasteiger partial charge in [0.05, 0.1) is 25.4 Å². The molecule has 0 saturated carbocycles. The normalized spacial score (nSPS) is 23.8. The first-order valence-corrected chi connectivity index (χ1v) is 7.56. The van der Waals surface area contributed by atoms with Crippen LogP contribution in [-0.4, -0.2) is 72.7 Å². The standard InChI is InChI=1S/C13H27NO3S/c1-11(8-16-4)17-9-12(15)7-14-5-6-18-13(2,3)10-14/h11-12,15H,5-10H2,1-4H3. The number of thioether (sulfide) groups is 1. The lowest BCUT2D eigenvalue weighted by molar-refractivity contribution is -0.0399. The minimum atomic E-state index is -0.414. The van der Waals surface area contributed by atoms with Gasteiger partial charge in [0.25, 0.3) is 0 Å². The molecule has 0 aromatic rings. The summed E-state index contributed by atoms with van der Waals surface area (Å²) in [6.45, 7) is 10.2. The molecule has 1 N–H and O–H groups in total. The topological polar surface area (TPSA) is 41.9 Å². The Morgan fingerprint density at radius 2 is 2.11 bits per heavy atom. The fourth-order valence-electron chi connectivity index (χ4n) is 2.18. The van der Waals surface area contributed by atoms with Crippen LogP contribution in [-0.2, 0) is 9.47 Å². The first kappa shape index (κ1) is 16.2. The Labute approximate surface area is 115 Å². The lowest BCUT2D eigenvalue weighted by Gasteiger charge is -2.38. The van der Waals surface area contributed by atoms with E-state index in [1.54, 1.807) is 7.11 Å². The van der Waals surface area contributed by atoms with E-state index in [1.165, 1.54) is 0 Å². The van der Waals surface area contributed by atoms with Crippen LogP contribution in [0.1, 0.15) is 20.8 Å². The molecule has 1 aliphatic rings. The van der Waals surface area contributed by atoms with Crippen molar-refractivity contribution in [1.29, 1.82) is 0 Å². The first-order chi connectivity index (χ1) is 8.43. The predicted molar refractivity (Wildman–Crippen MR) is 76.3 cm³/mol. The highest BCUT2D eigenvalue weighted by molar-refractivity contribution is 8.00. The smallest absolute Gasteiger partial charge is 0.0900 e. The van der Waals surface area contributed by atoms with Crippen molar-refractivity contribution in [1.82, 2.24) is 4.90 Å². The Kier molecular flexibility index (Phi) is 6.95. The van der Waals surface area contributed by atoms with Crippen molar-refractivity contribution >= 4 is 11.8 Å². The van der Waals surface area contributed by atoms with Gasteiger partial charge in [0.15, 0.2) is 0 Å². The fraction of sp³-hybridized carbons (Fsp3) is 1.00. The summed E-state index contributed by atoms with van der Waals surface area (Å²) >= 11 is 2.00. The highest BCUT2D eigenvalue weighted by Crippen LogP contribution is 2.29. The Morgan fingerprint density at radius 3 is 2.72 bits per heavy atom. The first-order valence-electron chi connectivity index (χ1n) is 6.58. The van der Waals surface area contributed by atoms with Crippen LogP contribution in [0.25, 0.3) is 0 Å². The molecule has 0 bridgehead atoms. The largest absolute Gasteiger partial charge is 0.389 e. The van der Waals surface area contributed by atoms with Crippen molar-refractivity contribution in [3.05, 3.63) is 0 Å². The van der Waals surface area contributed by atoms with Gasteiger partial charge in [-0.15, -0.1) is 0 Å². The van der Waals surface area contributed by atoms with Gasteiger partial charge in [-0.25, -0.2) is 0 Å². The van der Waals surface area contributed by atoms with Crippen molar-refractivity contribution in [3.63, 3.8) is 0 Å². The zero-order valence-electron chi connectivity index (χ0n) is 12.0. The molecule has 1 rings (SSSR count). The number of rotatable bonds is 7. The molecule has 0 spiro atoms. The van der Waals surface area contributed by atoms with Crippen LogP contribution < -0.4 is 0 Å². The van der Waals surface area contributed by atoms with E-state index in [9.17, 15) is 5.11 Å². The predicted octanol–water partition coefficient (Wildman–Crippen LogP) is 1.23. The molecular formula is C13H27NO3S. The molecule has 108 valence electrons. The number of nitrogens with zero attached hydrogens (tertiary/aromatic N) is 1. The minimum absolute atomic E-state index is 0.0398. The second kappa shape index (κ2) is 7.70. The van der Waals surface area contributed by atoms with Crippen LogP contribution in [0.15, 0.2) is 0 Å². The van der Waals surface area contributed by atoms with Gasteiger partial charge in [0.2, 0.25) is 0 Å². The number of hydrogen-bond donors (Lipinski definition) is 1. The maximum Gasteiger partial charge on any atom is 0.0900 e. The third-order valence-corrected chi connectivity index (χ3v) is 4.25. The Hall–Kier alpha value is 0.190. The molecule has 18 heavy (non-hydrogen) atoms. The van der Waals surface area contributed by atoms with E-state index in [1.807, 2.05) is 18.7 Å². The van der Waals surface area contributed by atoms with Crippen LogP contribution in [0.5, 0.6) is 0 Å². The molecule has 1 heterocycles. The molecule has 1 saturated heterocycles. The summed E-state index contributed by atoms with van der Waals surface area (Å²) in [5, 5.41) is 9.97. The van der Waals surface area contributed by atoms with Gasteiger partial charge in [0.1, 0.15) is 0 Å². The SMILES string of the molecule is COCC(C)OCC(O)CN1CCSC(C)(C)C1. The lowest BCUT2D eigenvalue weighted by atomic mass is 10.1. The van der Waals surface area contributed by atoms with Crippen LogP contribution >= 0.6 is 11.8 Å². The minimum Gasteiger partial charge on any atom is -0.389 e. The van der Waals surface area contributed by atoms with E-state index in [2.05, 4.69) is 18.7 Å². The number of β-amino-alcohol motifs (C(OH)–C–C–N with tert-alkyl or cyclic N) is 1. The van der Waals surface area contributed by atoms with E-state index < -0.39 is 6.10 Å². The monoisotopic (exact) mass is 277 g/mol. The van der Waals surface area contributed by atoms with E-state index in [0.717, 1.165) is 18.8 Å². The maximum atomic E-state index is 9.97. The van der Waals surface area contributed by atoms with Gasteiger partial charge in [-0.2, -0.15) is 11.8 Å². The highest BCUT2D eigenvalue weighted by Gasteiger charge is 2.27. The fourth-order valence-corrected chi connectivity index (χ4v) is 3.35. The second-order valence-corrected chi connectivity index (χ2v) is 7.40. The average Bonchev–Trinajstić information content (AvgIpc) is 2.25. The van der Waals surface area contributed by atoms with Crippen LogP contribution in [0.2, 0.25) is 0 Å².